The van der Waals surface area contributed by atoms with Crippen molar-refractivity contribution >= 4 is 21.9 Å². The highest BCUT2D eigenvalue weighted by molar-refractivity contribution is 7.90. The van der Waals surface area contributed by atoms with Crippen LogP contribution in [-0.4, -0.2) is 21.0 Å². The fourth-order valence-corrected chi connectivity index (χ4v) is 3.80. The second kappa shape index (κ2) is 4.85. The van der Waals surface area contributed by atoms with E-state index in [-0.39, 0.29) is 28.7 Å². The lowest BCUT2D eigenvalue weighted by Crippen LogP contribution is -2.34. The van der Waals surface area contributed by atoms with Crippen LogP contribution in [0, 0.1) is 0 Å². The Balaban J connectivity index is 1.80. The second-order valence-corrected chi connectivity index (χ2v) is 6.75. The molecule has 0 spiro atoms. The number of ether oxygens (including phenoxy) is 2. The van der Waals surface area contributed by atoms with Crippen molar-refractivity contribution in [2.24, 2.45) is 0 Å². The molecule has 0 amide bonds. The number of sulfonamides is 1. The van der Waals surface area contributed by atoms with Crippen LogP contribution in [0.15, 0.2) is 53.1 Å². The van der Waals surface area contributed by atoms with E-state index in [1.807, 2.05) is 0 Å². The zero-order valence-corrected chi connectivity index (χ0v) is 12.6. The van der Waals surface area contributed by atoms with Gasteiger partial charge in [-0.2, -0.15) is 0 Å². The number of ketones is 1. The summed E-state index contributed by atoms with van der Waals surface area (Å²) < 4.78 is 37.3. The first kappa shape index (κ1) is 13.8. The van der Waals surface area contributed by atoms with Gasteiger partial charge in [-0.05, 0) is 35.9 Å². The summed E-state index contributed by atoms with van der Waals surface area (Å²) in [6, 6.07) is 11.3. The van der Waals surface area contributed by atoms with E-state index in [0.717, 1.165) is 0 Å². The van der Waals surface area contributed by atoms with E-state index in [9.17, 15) is 13.2 Å². The van der Waals surface area contributed by atoms with Crippen LogP contribution in [0.1, 0.15) is 15.9 Å². The van der Waals surface area contributed by atoms with Crippen molar-refractivity contribution in [3.8, 4) is 11.5 Å². The highest BCUT2D eigenvalue weighted by atomic mass is 32.2. The third-order valence-corrected chi connectivity index (χ3v) is 5.04. The van der Waals surface area contributed by atoms with Crippen molar-refractivity contribution < 1.29 is 22.7 Å². The van der Waals surface area contributed by atoms with Crippen LogP contribution >= 0.6 is 0 Å². The maximum Gasteiger partial charge on any atom is 0.262 e. The van der Waals surface area contributed by atoms with Crippen LogP contribution in [0.25, 0.3) is 6.08 Å². The van der Waals surface area contributed by atoms with Crippen LogP contribution in [0.3, 0.4) is 0 Å². The minimum absolute atomic E-state index is 0.00238. The summed E-state index contributed by atoms with van der Waals surface area (Å²) in [6.07, 6.45) is 1.48. The molecule has 0 bridgehead atoms. The van der Waals surface area contributed by atoms with Gasteiger partial charge in [-0.3, -0.25) is 9.52 Å². The molecule has 2 aromatic carbocycles. The van der Waals surface area contributed by atoms with Crippen LogP contribution in [0.2, 0.25) is 0 Å². The largest absolute Gasteiger partial charge is 0.454 e. The number of Topliss-reactive ketones (excluding diaryl/α,β-unsaturated/α-hetero) is 1. The van der Waals surface area contributed by atoms with Gasteiger partial charge in [0.2, 0.25) is 12.6 Å². The van der Waals surface area contributed by atoms with Gasteiger partial charge in [0, 0.05) is 5.56 Å². The summed E-state index contributed by atoms with van der Waals surface area (Å²) in [5.41, 5.74) is 0.806. The van der Waals surface area contributed by atoms with Gasteiger partial charge in [-0.25, -0.2) is 8.42 Å². The number of carbonyl (C=O) groups excluding carboxylic acids is 1. The molecule has 0 aromatic heterocycles. The van der Waals surface area contributed by atoms with E-state index < -0.39 is 10.0 Å². The van der Waals surface area contributed by atoms with Crippen LogP contribution in [0.4, 0.5) is 0 Å². The predicted molar refractivity (Wildman–Crippen MR) is 81.6 cm³/mol. The Labute approximate surface area is 132 Å². The van der Waals surface area contributed by atoms with Crippen molar-refractivity contribution in [2.45, 2.75) is 4.90 Å². The molecule has 0 saturated heterocycles. The van der Waals surface area contributed by atoms with Gasteiger partial charge in [0.05, 0.1) is 10.6 Å². The van der Waals surface area contributed by atoms with Crippen molar-refractivity contribution in [3.05, 3.63) is 59.3 Å². The number of fused-ring (bicyclic) bond motifs is 2. The summed E-state index contributed by atoms with van der Waals surface area (Å²) in [5.74, 6) is 0.812. The molecule has 0 atom stereocenters. The first-order valence-electron chi connectivity index (χ1n) is 6.82. The Morgan fingerprint density at radius 1 is 1.04 bits per heavy atom. The molecule has 0 saturated carbocycles. The van der Waals surface area contributed by atoms with E-state index in [1.165, 1.54) is 18.2 Å². The minimum atomic E-state index is -3.75. The standard InChI is InChI=1S/C16H11NO5S/c18-16-11-3-1-2-4-15(11)23(19,20)17-12(16)7-10-5-6-13-14(8-10)22-9-21-13/h1-8,17H,9H2/b12-7-. The van der Waals surface area contributed by atoms with E-state index in [4.69, 9.17) is 9.47 Å². The molecule has 0 unspecified atom stereocenters. The van der Waals surface area contributed by atoms with Crippen molar-refractivity contribution in [3.63, 3.8) is 0 Å². The second-order valence-electron chi connectivity index (χ2n) is 5.10. The van der Waals surface area contributed by atoms with Gasteiger partial charge in [-0.1, -0.05) is 18.2 Å². The van der Waals surface area contributed by atoms with Crippen molar-refractivity contribution in [2.75, 3.05) is 6.79 Å². The first-order valence-corrected chi connectivity index (χ1v) is 8.31. The van der Waals surface area contributed by atoms with Gasteiger partial charge in [-0.15, -0.1) is 0 Å². The molecule has 2 aliphatic heterocycles. The zero-order chi connectivity index (χ0) is 16.0. The molecule has 0 fully saturated rings. The molecule has 2 heterocycles. The minimum Gasteiger partial charge on any atom is -0.454 e. The number of hydrogen-bond donors (Lipinski definition) is 1. The monoisotopic (exact) mass is 329 g/mol. The number of hydrogen-bond acceptors (Lipinski definition) is 5. The molecule has 2 aliphatic rings. The molecule has 2 aromatic rings. The molecule has 1 N–H and O–H groups in total. The maximum absolute atomic E-state index is 12.5. The number of nitrogens with one attached hydrogen (secondary N) is 1. The fraction of sp³-hybridized carbons (Fsp3) is 0.0625. The van der Waals surface area contributed by atoms with Crippen LogP contribution < -0.4 is 14.2 Å². The summed E-state index contributed by atoms with van der Waals surface area (Å²) in [4.78, 5) is 12.5. The number of allylic oxidation sites excluding steroid dienone is 1. The first-order chi connectivity index (χ1) is 11.0. The maximum atomic E-state index is 12.5. The van der Waals surface area contributed by atoms with Crippen molar-refractivity contribution in [1.29, 1.82) is 0 Å². The molecule has 116 valence electrons. The lowest BCUT2D eigenvalue weighted by Gasteiger charge is -2.19. The number of benzene rings is 2. The lowest BCUT2D eigenvalue weighted by atomic mass is 10.1. The van der Waals surface area contributed by atoms with E-state index in [2.05, 4.69) is 4.72 Å². The average molecular weight is 329 g/mol. The quantitative estimate of drug-likeness (QED) is 0.809. The summed E-state index contributed by atoms with van der Waals surface area (Å²) in [5, 5.41) is 0. The molecule has 6 nitrogen and oxygen atoms in total. The predicted octanol–water partition coefficient (Wildman–Crippen LogP) is 1.93. The van der Waals surface area contributed by atoms with E-state index >= 15 is 0 Å². The summed E-state index contributed by atoms with van der Waals surface area (Å²) in [6.45, 7) is 0.147. The third kappa shape index (κ3) is 2.25. The molecular formula is C16H11NO5S. The highest BCUT2D eigenvalue weighted by Gasteiger charge is 2.31. The molecular weight excluding hydrogens is 318 g/mol. The normalized spacial score (nSPS) is 19.3. The van der Waals surface area contributed by atoms with Gasteiger partial charge in [0.25, 0.3) is 10.0 Å². The highest BCUT2D eigenvalue weighted by Crippen LogP contribution is 2.33. The third-order valence-electron chi connectivity index (χ3n) is 3.62. The van der Waals surface area contributed by atoms with Crippen LogP contribution in [-0.2, 0) is 10.0 Å². The van der Waals surface area contributed by atoms with Gasteiger partial charge < -0.3 is 9.47 Å². The Bertz CT molecular complexity index is 962. The molecule has 7 heteroatoms. The zero-order valence-electron chi connectivity index (χ0n) is 11.8. The van der Waals surface area contributed by atoms with Crippen LogP contribution in [0.5, 0.6) is 11.5 Å². The van der Waals surface area contributed by atoms with Gasteiger partial charge in [0.15, 0.2) is 11.5 Å². The van der Waals surface area contributed by atoms with Crippen molar-refractivity contribution in [1.82, 2.24) is 4.72 Å². The molecule has 0 aliphatic carbocycles. The van der Waals surface area contributed by atoms with E-state index in [1.54, 1.807) is 30.3 Å². The average Bonchev–Trinajstić information content (AvgIpc) is 3.00. The Morgan fingerprint density at radius 2 is 1.83 bits per heavy atom. The molecule has 23 heavy (non-hydrogen) atoms. The smallest absolute Gasteiger partial charge is 0.262 e. The summed E-state index contributed by atoms with van der Waals surface area (Å²) >= 11 is 0. The molecule has 4 rings (SSSR count). The van der Waals surface area contributed by atoms with Gasteiger partial charge >= 0.3 is 0 Å². The molecule has 0 radical (unpaired) electrons. The SMILES string of the molecule is O=C1/C(=C/c2ccc3c(c2)OCO3)NS(=O)(=O)c2ccccc21. The fourth-order valence-electron chi connectivity index (χ4n) is 2.54. The summed E-state index contributed by atoms with van der Waals surface area (Å²) in [7, 11) is -3.75. The van der Waals surface area contributed by atoms with Gasteiger partial charge in [0.1, 0.15) is 0 Å². The Morgan fingerprint density at radius 3 is 2.70 bits per heavy atom. The lowest BCUT2D eigenvalue weighted by molar-refractivity contribution is 0.102. The Kier molecular flexibility index (Phi) is 2.92. The number of rotatable bonds is 1. The topological polar surface area (TPSA) is 81.7 Å². The van der Waals surface area contributed by atoms with E-state index in [0.29, 0.717) is 17.1 Å². The number of carbonyl (C=O) groups is 1. The Hall–Kier alpha value is -2.80.